The lowest BCUT2D eigenvalue weighted by atomic mass is 9.86. The molecule has 0 unspecified atom stereocenters. The maximum atomic E-state index is 13.2. The second-order valence-corrected chi connectivity index (χ2v) is 9.20. The number of aromatic hydroxyl groups is 1. The maximum Gasteiger partial charge on any atom is 0.339 e. The molecule has 1 N–H and O–H groups in total. The van der Waals surface area contributed by atoms with E-state index in [0.29, 0.717) is 5.56 Å². The van der Waals surface area contributed by atoms with E-state index in [1.54, 1.807) is 12.1 Å². The Kier molecular flexibility index (Phi) is 5.83. The normalized spacial score (nSPS) is 14.9. The van der Waals surface area contributed by atoms with Crippen LogP contribution in [-0.4, -0.2) is 28.4 Å². The average Bonchev–Trinajstić information content (AvgIpc) is 2.77. The van der Waals surface area contributed by atoms with Crippen molar-refractivity contribution in [3.05, 3.63) is 70.9 Å². The Bertz CT molecular complexity index is 1220. The van der Waals surface area contributed by atoms with E-state index in [0.717, 1.165) is 52.6 Å². The molecule has 0 bridgehead atoms. The summed E-state index contributed by atoms with van der Waals surface area (Å²) in [5.74, 6) is -0.385. The summed E-state index contributed by atoms with van der Waals surface area (Å²) in [7, 11) is 0. The van der Waals surface area contributed by atoms with Gasteiger partial charge in [-0.05, 0) is 60.2 Å². The van der Waals surface area contributed by atoms with Crippen LogP contribution in [0, 0.1) is 5.41 Å². The van der Waals surface area contributed by atoms with Crippen molar-refractivity contribution in [2.45, 2.75) is 40.0 Å². The first-order valence-corrected chi connectivity index (χ1v) is 10.9. The molecule has 1 aromatic heterocycles. The molecule has 0 amide bonds. The first kappa shape index (κ1) is 21.8. The summed E-state index contributed by atoms with van der Waals surface area (Å²) in [6.45, 7) is 5.19. The number of para-hydroxylation sites is 1. The molecular formula is C27H27NO4. The highest BCUT2D eigenvalue weighted by atomic mass is 16.5. The molecule has 5 heteroatoms. The third-order valence-corrected chi connectivity index (χ3v) is 5.78. The smallest absolute Gasteiger partial charge is 0.339 e. The molecule has 2 aromatic carbocycles. The minimum atomic E-state index is -0.569. The van der Waals surface area contributed by atoms with Crippen LogP contribution in [-0.2, 0) is 16.0 Å². The number of fused-ring (bicyclic) bond motifs is 2. The van der Waals surface area contributed by atoms with E-state index >= 15 is 0 Å². The highest BCUT2D eigenvalue weighted by Crippen LogP contribution is 2.36. The number of ketones is 1. The fraction of sp³-hybridized carbons (Fsp3) is 0.296. The van der Waals surface area contributed by atoms with Crippen LogP contribution in [0.3, 0.4) is 0 Å². The van der Waals surface area contributed by atoms with Gasteiger partial charge >= 0.3 is 5.97 Å². The number of esters is 1. The number of carbonyl (C=O) groups excluding carboxylic acids is 2. The Morgan fingerprint density at radius 1 is 1.06 bits per heavy atom. The van der Waals surface area contributed by atoms with Gasteiger partial charge < -0.3 is 9.84 Å². The van der Waals surface area contributed by atoms with Gasteiger partial charge in [0.15, 0.2) is 12.4 Å². The van der Waals surface area contributed by atoms with Crippen molar-refractivity contribution in [3.8, 4) is 5.75 Å². The summed E-state index contributed by atoms with van der Waals surface area (Å²) in [5.41, 5.74) is 4.33. The minimum absolute atomic E-state index is 0.119. The highest BCUT2D eigenvalue weighted by Gasteiger charge is 2.28. The van der Waals surface area contributed by atoms with Crippen LogP contribution in [0.25, 0.3) is 22.6 Å². The van der Waals surface area contributed by atoms with Crippen molar-refractivity contribution in [3.63, 3.8) is 0 Å². The molecule has 5 nitrogen and oxygen atoms in total. The number of hydrogen-bond acceptors (Lipinski definition) is 5. The Balaban J connectivity index is 1.79. The van der Waals surface area contributed by atoms with E-state index in [2.05, 4.69) is 6.08 Å². The molecule has 0 atom stereocenters. The Labute approximate surface area is 187 Å². The van der Waals surface area contributed by atoms with Gasteiger partial charge in [-0.2, -0.15) is 0 Å². The predicted molar refractivity (Wildman–Crippen MR) is 125 cm³/mol. The number of carbonyl (C=O) groups is 2. The number of phenols is 1. The molecule has 164 valence electrons. The minimum Gasteiger partial charge on any atom is -0.508 e. The maximum absolute atomic E-state index is 13.2. The third kappa shape index (κ3) is 4.42. The highest BCUT2D eigenvalue weighted by molar-refractivity contribution is 6.07. The van der Waals surface area contributed by atoms with Crippen LogP contribution in [0.1, 0.15) is 60.8 Å². The molecule has 1 aliphatic rings. The molecule has 4 rings (SSSR count). The van der Waals surface area contributed by atoms with Gasteiger partial charge in [-0.3, -0.25) is 4.79 Å². The van der Waals surface area contributed by atoms with E-state index in [9.17, 15) is 14.7 Å². The Morgan fingerprint density at radius 3 is 2.50 bits per heavy atom. The lowest BCUT2D eigenvalue weighted by Gasteiger charge is -2.23. The predicted octanol–water partition coefficient (Wildman–Crippen LogP) is 5.59. The number of rotatable bonds is 4. The van der Waals surface area contributed by atoms with E-state index < -0.39 is 11.4 Å². The van der Waals surface area contributed by atoms with Crippen LogP contribution < -0.4 is 0 Å². The molecule has 32 heavy (non-hydrogen) atoms. The fourth-order valence-corrected chi connectivity index (χ4v) is 3.90. The van der Waals surface area contributed by atoms with Crippen molar-refractivity contribution in [1.82, 2.24) is 4.98 Å². The van der Waals surface area contributed by atoms with Gasteiger partial charge in [0.1, 0.15) is 5.75 Å². The van der Waals surface area contributed by atoms with Crippen molar-refractivity contribution >= 4 is 34.3 Å². The van der Waals surface area contributed by atoms with E-state index in [-0.39, 0.29) is 18.1 Å². The monoisotopic (exact) mass is 429 g/mol. The van der Waals surface area contributed by atoms with Gasteiger partial charge in [-0.25, -0.2) is 9.78 Å². The topological polar surface area (TPSA) is 76.5 Å². The molecule has 1 heterocycles. The first-order valence-electron chi connectivity index (χ1n) is 10.9. The number of allylic oxidation sites excluding steroid dienone is 1. The van der Waals surface area contributed by atoms with Crippen molar-refractivity contribution in [2.24, 2.45) is 5.41 Å². The largest absolute Gasteiger partial charge is 0.508 e. The summed E-state index contributed by atoms with van der Waals surface area (Å²) in [6.07, 6.45) is 4.50. The van der Waals surface area contributed by atoms with E-state index in [1.165, 1.54) is 0 Å². The Hall–Kier alpha value is -3.47. The number of phenolic OH excluding ortho intramolecular Hbond substituents is 1. The van der Waals surface area contributed by atoms with Crippen LogP contribution in [0.4, 0.5) is 0 Å². The van der Waals surface area contributed by atoms with Crippen LogP contribution in [0.5, 0.6) is 5.75 Å². The first-order chi connectivity index (χ1) is 15.2. The summed E-state index contributed by atoms with van der Waals surface area (Å²) in [4.78, 5) is 30.4. The average molecular weight is 430 g/mol. The van der Waals surface area contributed by atoms with Gasteiger partial charge in [-0.1, -0.05) is 51.1 Å². The summed E-state index contributed by atoms with van der Waals surface area (Å²) < 4.78 is 5.49. The standard InChI is InChI=1S/C27H27NO4/c1-27(2,3)23(30)16-32-26(31)24-20-8-4-5-10-22(20)28-25-18(7-6-9-21(24)25)15-17-11-13-19(29)14-12-17/h4-5,8,10-15,29H,6-7,9,16H2,1-3H3/b18-15+. The van der Waals surface area contributed by atoms with Crippen LogP contribution >= 0.6 is 0 Å². The van der Waals surface area contributed by atoms with Gasteiger partial charge in [-0.15, -0.1) is 0 Å². The second kappa shape index (κ2) is 8.58. The van der Waals surface area contributed by atoms with E-state index in [4.69, 9.17) is 9.72 Å². The summed E-state index contributed by atoms with van der Waals surface area (Å²) in [6, 6.07) is 14.5. The van der Waals surface area contributed by atoms with Gasteiger partial charge in [0.2, 0.25) is 0 Å². The molecule has 0 saturated carbocycles. The number of aromatic nitrogens is 1. The molecule has 0 saturated heterocycles. The third-order valence-electron chi connectivity index (χ3n) is 5.78. The lowest BCUT2D eigenvalue weighted by molar-refractivity contribution is -0.129. The number of Topliss-reactive ketones (excluding diaryl/α,β-unsaturated/α-hetero) is 1. The molecule has 3 aromatic rings. The van der Waals surface area contributed by atoms with Gasteiger partial charge in [0.05, 0.1) is 16.8 Å². The lowest BCUT2D eigenvalue weighted by Crippen LogP contribution is -2.27. The molecule has 0 fully saturated rings. The zero-order chi connectivity index (χ0) is 22.9. The molecule has 1 aliphatic carbocycles. The number of pyridine rings is 1. The fourth-order valence-electron chi connectivity index (χ4n) is 3.90. The van der Waals surface area contributed by atoms with Crippen molar-refractivity contribution in [2.75, 3.05) is 6.61 Å². The summed E-state index contributed by atoms with van der Waals surface area (Å²) in [5, 5.41) is 10.3. The second-order valence-electron chi connectivity index (χ2n) is 9.20. The molecular weight excluding hydrogens is 402 g/mol. The van der Waals surface area contributed by atoms with Gasteiger partial charge in [0, 0.05) is 10.8 Å². The number of benzene rings is 2. The Morgan fingerprint density at radius 2 is 1.78 bits per heavy atom. The zero-order valence-electron chi connectivity index (χ0n) is 18.6. The number of nitrogens with zero attached hydrogens (tertiary/aromatic N) is 1. The van der Waals surface area contributed by atoms with Crippen molar-refractivity contribution < 1.29 is 19.4 Å². The quantitative estimate of drug-likeness (QED) is 0.547. The van der Waals surface area contributed by atoms with E-state index in [1.807, 2.05) is 57.2 Å². The SMILES string of the molecule is CC(C)(C)C(=O)COC(=O)c1c2c(nc3ccccc13)/C(=C/c1ccc(O)cc1)CCC2. The van der Waals surface area contributed by atoms with Crippen LogP contribution in [0.2, 0.25) is 0 Å². The molecule has 0 radical (unpaired) electrons. The van der Waals surface area contributed by atoms with Crippen LogP contribution in [0.15, 0.2) is 48.5 Å². The van der Waals surface area contributed by atoms with Gasteiger partial charge in [0.25, 0.3) is 0 Å². The zero-order valence-corrected chi connectivity index (χ0v) is 18.6. The number of hydrogen-bond donors (Lipinski definition) is 1. The molecule has 0 aliphatic heterocycles. The number of ether oxygens (including phenoxy) is 1. The molecule has 0 spiro atoms. The summed E-state index contributed by atoms with van der Waals surface area (Å²) >= 11 is 0. The van der Waals surface area contributed by atoms with Crippen molar-refractivity contribution in [1.29, 1.82) is 0 Å².